The topological polar surface area (TPSA) is 82.2 Å². The molecule has 2 rings (SSSR count). The Bertz CT molecular complexity index is 553. The number of nitrogens with zero attached hydrogens (tertiary/aromatic N) is 2. The zero-order chi connectivity index (χ0) is 15.4. The monoisotopic (exact) mass is 306 g/mol. The van der Waals surface area contributed by atoms with Crippen LogP contribution in [-0.4, -0.2) is 37.0 Å². The van der Waals surface area contributed by atoms with E-state index in [1.54, 1.807) is 0 Å². The van der Waals surface area contributed by atoms with Crippen LogP contribution >= 0.6 is 11.3 Å². The Labute approximate surface area is 129 Å². The van der Waals surface area contributed by atoms with Gasteiger partial charge in [0.2, 0.25) is 5.91 Å². The van der Waals surface area contributed by atoms with Gasteiger partial charge in [0.25, 0.3) is 0 Å². The van der Waals surface area contributed by atoms with E-state index < -0.39 is 0 Å². The first kappa shape index (κ1) is 16.0. The molecule has 0 unspecified atom stereocenters. The molecule has 1 saturated heterocycles. The average molecular weight is 306 g/mol. The minimum atomic E-state index is -0.0426. The average Bonchev–Trinajstić information content (AvgIpc) is 2.73. The molecule has 3 N–H and O–H groups in total. The lowest BCUT2D eigenvalue weighted by Gasteiger charge is -2.30. The predicted molar refractivity (Wildman–Crippen MR) is 85.4 cm³/mol. The number of anilines is 1. The molecule has 21 heavy (non-hydrogen) atoms. The number of hydrogen-bond donors (Lipinski definition) is 2. The SMILES string of the molecule is Cc1sc(NC(=O)CN2CCC(CN)CC2)c(C#N)c1C. The summed E-state index contributed by atoms with van der Waals surface area (Å²) in [5.41, 5.74) is 7.22. The molecule has 1 aliphatic rings. The smallest absolute Gasteiger partial charge is 0.239 e. The molecule has 1 aromatic rings. The molecular weight excluding hydrogens is 284 g/mol. The van der Waals surface area contributed by atoms with Gasteiger partial charge in [-0.05, 0) is 57.8 Å². The fourth-order valence-electron chi connectivity index (χ4n) is 2.60. The molecule has 0 atom stereocenters. The van der Waals surface area contributed by atoms with Gasteiger partial charge in [-0.2, -0.15) is 5.26 Å². The maximum Gasteiger partial charge on any atom is 0.239 e. The molecule has 6 heteroatoms. The molecule has 0 aromatic carbocycles. The first-order chi connectivity index (χ1) is 10.0. The number of carbonyl (C=O) groups excluding carboxylic acids is 1. The van der Waals surface area contributed by atoms with Crippen LogP contribution < -0.4 is 11.1 Å². The van der Waals surface area contributed by atoms with E-state index in [0.29, 0.717) is 23.0 Å². The van der Waals surface area contributed by atoms with Crippen LogP contribution in [-0.2, 0) is 4.79 Å². The summed E-state index contributed by atoms with van der Waals surface area (Å²) in [5.74, 6) is 0.552. The third-order valence-corrected chi connectivity index (χ3v) is 5.28. The molecule has 1 aromatic heterocycles. The number of piperidine rings is 1. The minimum Gasteiger partial charge on any atom is -0.330 e. The van der Waals surface area contributed by atoms with Crippen LogP contribution in [0, 0.1) is 31.1 Å². The highest BCUT2D eigenvalue weighted by Crippen LogP contribution is 2.31. The Balaban J connectivity index is 1.91. The largest absolute Gasteiger partial charge is 0.330 e. The van der Waals surface area contributed by atoms with Crippen molar-refractivity contribution in [2.45, 2.75) is 26.7 Å². The number of nitriles is 1. The fraction of sp³-hybridized carbons (Fsp3) is 0.600. The number of likely N-dealkylation sites (tertiary alicyclic amines) is 1. The van der Waals surface area contributed by atoms with Crippen LogP contribution in [0.4, 0.5) is 5.00 Å². The van der Waals surface area contributed by atoms with Gasteiger partial charge in [-0.1, -0.05) is 0 Å². The third-order valence-electron chi connectivity index (χ3n) is 4.16. The Morgan fingerprint density at radius 2 is 2.14 bits per heavy atom. The molecule has 1 fully saturated rings. The second-order valence-electron chi connectivity index (χ2n) is 5.60. The lowest BCUT2D eigenvalue weighted by Crippen LogP contribution is -2.40. The summed E-state index contributed by atoms with van der Waals surface area (Å²) in [6, 6.07) is 2.18. The van der Waals surface area contributed by atoms with Gasteiger partial charge in [-0.15, -0.1) is 11.3 Å². The van der Waals surface area contributed by atoms with Gasteiger partial charge in [0.15, 0.2) is 0 Å². The van der Waals surface area contributed by atoms with Crippen LogP contribution in [0.2, 0.25) is 0 Å². The summed E-state index contributed by atoms with van der Waals surface area (Å²) in [6.07, 6.45) is 2.12. The Kier molecular flexibility index (Phi) is 5.34. The van der Waals surface area contributed by atoms with E-state index in [4.69, 9.17) is 5.73 Å². The molecule has 114 valence electrons. The van der Waals surface area contributed by atoms with Crippen molar-refractivity contribution in [3.05, 3.63) is 16.0 Å². The zero-order valence-electron chi connectivity index (χ0n) is 12.6. The quantitative estimate of drug-likeness (QED) is 0.889. The van der Waals surface area contributed by atoms with Gasteiger partial charge in [-0.25, -0.2) is 0 Å². The van der Waals surface area contributed by atoms with E-state index in [0.717, 1.165) is 42.9 Å². The summed E-state index contributed by atoms with van der Waals surface area (Å²) >= 11 is 1.47. The zero-order valence-corrected chi connectivity index (χ0v) is 13.4. The summed E-state index contributed by atoms with van der Waals surface area (Å²) in [6.45, 7) is 6.84. The summed E-state index contributed by atoms with van der Waals surface area (Å²) in [4.78, 5) is 15.4. The molecule has 0 spiro atoms. The second-order valence-corrected chi connectivity index (χ2v) is 6.83. The molecule has 5 nitrogen and oxygen atoms in total. The maximum atomic E-state index is 12.1. The first-order valence-electron chi connectivity index (χ1n) is 7.27. The van der Waals surface area contributed by atoms with Gasteiger partial charge in [0.05, 0.1) is 12.1 Å². The van der Waals surface area contributed by atoms with Gasteiger partial charge in [0, 0.05) is 4.88 Å². The highest BCUT2D eigenvalue weighted by molar-refractivity contribution is 7.16. The summed E-state index contributed by atoms with van der Waals surface area (Å²) in [7, 11) is 0. The number of rotatable bonds is 4. The molecule has 0 radical (unpaired) electrons. The van der Waals surface area contributed by atoms with Crippen molar-refractivity contribution in [2.24, 2.45) is 11.7 Å². The minimum absolute atomic E-state index is 0.0426. The highest BCUT2D eigenvalue weighted by Gasteiger charge is 2.21. The summed E-state index contributed by atoms with van der Waals surface area (Å²) in [5, 5.41) is 12.7. The molecule has 1 aliphatic heterocycles. The second kappa shape index (κ2) is 7.03. The number of thiophene rings is 1. The van der Waals surface area contributed by atoms with Crippen molar-refractivity contribution in [3.8, 4) is 6.07 Å². The molecule has 2 heterocycles. The van der Waals surface area contributed by atoms with Crippen molar-refractivity contribution >= 4 is 22.2 Å². The molecule has 0 aliphatic carbocycles. The van der Waals surface area contributed by atoms with Crippen molar-refractivity contribution in [2.75, 3.05) is 31.5 Å². The lowest BCUT2D eigenvalue weighted by molar-refractivity contribution is -0.117. The van der Waals surface area contributed by atoms with Crippen LogP contribution in [0.5, 0.6) is 0 Å². The number of carbonyl (C=O) groups is 1. The number of amides is 1. The Morgan fingerprint density at radius 1 is 1.48 bits per heavy atom. The van der Waals surface area contributed by atoms with Crippen LogP contribution in [0.3, 0.4) is 0 Å². The van der Waals surface area contributed by atoms with Gasteiger partial charge < -0.3 is 11.1 Å². The maximum absolute atomic E-state index is 12.1. The number of nitrogens with one attached hydrogen (secondary N) is 1. The van der Waals surface area contributed by atoms with Crippen molar-refractivity contribution in [3.63, 3.8) is 0 Å². The van der Waals surface area contributed by atoms with Crippen LogP contribution in [0.25, 0.3) is 0 Å². The standard InChI is InChI=1S/C15H22N4OS/c1-10-11(2)21-15(13(10)8-17)18-14(20)9-19-5-3-12(7-16)4-6-19/h12H,3-7,9,16H2,1-2H3,(H,18,20). The number of hydrogen-bond acceptors (Lipinski definition) is 5. The van der Waals surface area contributed by atoms with Crippen LogP contribution in [0.15, 0.2) is 0 Å². The van der Waals surface area contributed by atoms with E-state index in [-0.39, 0.29) is 5.91 Å². The van der Waals surface area contributed by atoms with Crippen LogP contribution in [0.1, 0.15) is 28.8 Å². The summed E-state index contributed by atoms with van der Waals surface area (Å²) < 4.78 is 0. The lowest BCUT2D eigenvalue weighted by atomic mass is 9.97. The predicted octanol–water partition coefficient (Wildman–Crippen LogP) is 1.85. The fourth-order valence-corrected chi connectivity index (χ4v) is 3.63. The van der Waals surface area contributed by atoms with Gasteiger partial charge in [0.1, 0.15) is 11.1 Å². The molecule has 0 saturated carbocycles. The van der Waals surface area contributed by atoms with E-state index >= 15 is 0 Å². The van der Waals surface area contributed by atoms with E-state index in [1.807, 2.05) is 13.8 Å². The number of aryl methyl sites for hydroxylation is 1. The Hall–Kier alpha value is -1.42. The number of nitrogens with two attached hydrogens (primary N) is 1. The molecular formula is C15H22N4OS. The van der Waals surface area contributed by atoms with Crippen molar-refractivity contribution in [1.29, 1.82) is 5.26 Å². The molecule has 0 bridgehead atoms. The normalized spacial score (nSPS) is 16.7. The van der Waals surface area contributed by atoms with Crippen molar-refractivity contribution < 1.29 is 4.79 Å². The van der Waals surface area contributed by atoms with E-state index in [9.17, 15) is 10.1 Å². The van der Waals surface area contributed by atoms with Crippen molar-refractivity contribution in [1.82, 2.24) is 4.90 Å². The first-order valence-corrected chi connectivity index (χ1v) is 8.09. The third kappa shape index (κ3) is 3.82. The van der Waals surface area contributed by atoms with E-state index in [2.05, 4.69) is 16.3 Å². The van der Waals surface area contributed by atoms with Gasteiger partial charge in [-0.3, -0.25) is 9.69 Å². The van der Waals surface area contributed by atoms with Gasteiger partial charge >= 0.3 is 0 Å². The van der Waals surface area contributed by atoms with E-state index in [1.165, 1.54) is 11.3 Å². The Morgan fingerprint density at radius 3 is 2.71 bits per heavy atom. The molecule has 1 amide bonds. The highest BCUT2D eigenvalue weighted by atomic mass is 32.1.